The van der Waals surface area contributed by atoms with Crippen molar-refractivity contribution in [2.45, 2.75) is 57.2 Å². The smallest absolute Gasteiger partial charge is 0.145 e. The molecule has 5 nitrogen and oxygen atoms in total. The van der Waals surface area contributed by atoms with E-state index in [0.717, 1.165) is 37.0 Å². The van der Waals surface area contributed by atoms with E-state index in [1.807, 2.05) is 0 Å². The van der Waals surface area contributed by atoms with Crippen molar-refractivity contribution >= 4 is 29.0 Å². The minimum Gasteiger partial charge on any atom is -0.373 e. The van der Waals surface area contributed by atoms with Crippen LogP contribution in [0.15, 0.2) is 16.9 Å². The van der Waals surface area contributed by atoms with Crippen LogP contribution in [0.3, 0.4) is 0 Å². The minimum absolute atomic E-state index is 0.0422. The molecule has 0 radical (unpaired) electrons. The first-order valence-corrected chi connectivity index (χ1v) is 9.30. The molecule has 0 unspecified atom stereocenters. The van der Waals surface area contributed by atoms with Gasteiger partial charge < -0.3 is 9.26 Å². The zero-order valence-electron chi connectivity index (χ0n) is 13.6. The second kappa shape index (κ2) is 7.06. The molecule has 7 heteroatoms. The molecule has 0 aromatic carbocycles. The van der Waals surface area contributed by atoms with Crippen molar-refractivity contribution in [1.29, 1.82) is 0 Å². The highest BCUT2D eigenvalue weighted by Crippen LogP contribution is 2.46. The van der Waals surface area contributed by atoms with E-state index in [1.54, 1.807) is 12.4 Å². The summed E-state index contributed by atoms with van der Waals surface area (Å²) >= 11 is 12.6. The van der Waals surface area contributed by atoms with Gasteiger partial charge in [0.15, 0.2) is 0 Å². The number of rotatable bonds is 5. The molecule has 2 saturated carbocycles. The Balaban J connectivity index is 1.63. The number of nitrogens with zero attached hydrogens (tertiary/aromatic N) is 2. The van der Waals surface area contributed by atoms with E-state index in [9.17, 15) is 4.79 Å². The second-order valence-electron chi connectivity index (χ2n) is 6.69. The van der Waals surface area contributed by atoms with Crippen molar-refractivity contribution < 1.29 is 14.1 Å². The van der Waals surface area contributed by atoms with Crippen LogP contribution in [-0.2, 0) is 16.1 Å². The third kappa shape index (κ3) is 3.59. The molecule has 2 aromatic heterocycles. The number of hydrogen-bond acceptors (Lipinski definition) is 5. The number of ether oxygens (including phenoxy) is 1. The van der Waals surface area contributed by atoms with Crippen LogP contribution >= 0.6 is 23.2 Å². The maximum atomic E-state index is 11.6. The van der Waals surface area contributed by atoms with Gasteiger partial charge in [0.25, 0.3) is 0 Å². The monoisotopic (exact) mass is 380 g/mol. The van der Waals surface area contributed by atoms with Crippen molar-refractivity contribution in [3.8, 4) is 11.3 Å². The summed E-state index contributed by atoms with van der Waals surface area (Å²) in [4.78, 5) is 15.6. The Bertz CT molecular complexity index is 781. The molecule has 2 aromatic rings. The molecular weight excluding hydrogens is 363 g/mol. The van der Waals surface area contributed by atoms with Crippen LogP contribution in [0.4, 0.5) is 0 Å². The average Bonchev–Trinajstić information content (AvgIpc) is 3.34. The quantitative estimate of drug-likeness (QED) is 0.733. The van der Waals surface area contributed by atoms with Crippen LogP contribution in [0.2, 0.25) is 10.0 Å². The third-order valence-corrected chi connectivity index (χ3v) is 5.33. The number of carbonyl (C=O) groups is 1. The average molecular weight is 381 g/mol. The zero-order chi connectivity index (χ0) is 17.4. The predicted octanol–water partition coefficient (Wildman–Crippen LogP) is 4.95. The van der Waals surface area contributed by atoms with E-state index in [1.165, 1.54) is 0 Å². The van der Waals surface area contributed by atoms with E-state index in [0.29, 0.717) is 46.7 Å². The summed E-state index contributed by atoms with van der Waals surface area (Å²) in [6, 6.07) is 0. The van der Waals surface area contributed by atoms with Crippen LogP contribution in [0.1, 0.15) is 55.8 Å². The summed E-state index contributed by atoms with van der Waals surface area (Å²) in [6.07, 6.45) is 8.14. The lowest BCUT2D eigenvalue weighted by molar-refractivity contribution is -0.124. The molecule has 2 aliphatic rings. The van der Waals surface area contributed by atoms with Gasteiger partial charge in [-0.1, -0.05) is 28.4 Å². The first-order valence-electron chi connectivity index (χ1n) is 8.54. The van der Waals surface area contributed by atoms with Gasteiger partial charge in [0.05, 0.1) is 22.8 Å². The number of halogens is 2. The minimum atomic E-state index is -0.0422. The first-order chi connectivity index (χ1) is 12.1. The highest BCUT2D eigenvalue weighted by molar-refractivity contribution is 6.38. The van der Waals surface area contributed by atoms with Crippen LogP contribution in [0.25, 0.3) is 11.3 Å². The Hall–Kier alpha value is -1.43. The Morgan fingerprint density at radius 1 is 1.20 bits per heavy atom. The number of hydrogen-bond donors (Lipinski definition) is 0. The SMILES string of the molecule is O=C1CCC[C@H](OCc2c(-c3c(Cl)cncc3Cl)noc2C2CC2)C1. The zero-order valence-corrected chi connectivity index (χ0v) is 15.1. The summed E-state index contributed by atoms with van der Waals surface area (Å²) in [5.41, 5.74) is 2.12. The maximum absolute atomic E-state index is 11.6. The molecule has 0 aliphatic heterocycles. The fourth-order valence-electron chi connectivity index (χ4n) is 3.29. The Kier molecular flexibility index (Phi) is 4.80. The van der Waals surface area contributed by atoms with Crippen molar-refractivity contribution in [2.75, 3.05) is 0 Å². The second-order valence-corrected chi connectivity index (χ2v) is 7.51. The van der Waals surface area contributed by atoms with Crippen LogP contribution in [0.5, 0.6) is 0 Å². The summed E-state index contributed by atoms with van der Waals surface area (Å²) in [6.45, 7) is 0.345. The Morgan fingerprint density at radius 3 is 2.64 bits per heavy atom. The topological polar surface area (TPSA) is 65.2 Å². The normalized spacial score (nSPS) is 20.9. The summed E-state index contributed by atoms with van der Waals surface area (Å²) in [5, 5.41) is 5.09. The molecule has 0 saturated heterocycles. The molecule has 0 amide bonds. The van der Waals surface area contributed by atoms with E-state index >= 15 is 0 Å². The summed E-state index contributed by atoms with van der Waals surface area (Å²) in [7, 11) is 0. The lowest BCUT2D eigenvalue weighted by Crippen LogP contribution is -2.22. The molecule has 0 spiro atoms. The third-order valence-electron chi connectivity index (χ3n) is 4.76. The van der Waals surface area contributed by atoms with Gasteiger partial charge in [0, 0.05) is 42.3 Å². The van der Waals surface area contributed by atoms with Gasteiger partial charge in [-0.15, -0.1) is 0 Å². The van der Waals surface area contributed by atoms with E-state index < -0.39 is 0 Å². The number of ketones is 1. The highest BCUT2D eigenvalue weighted by Gasteiger charge is 2.34. The molecule has 2 heterocycles. The molecule has 0 bridgehead atoms. The standard InChI is InChI=1S/C18H18Cl2N2O3/c19-14-7-21-8-15(20)16(14)17-13(18(25-22-17)10-4-5-10)9-24-12-3-1-2-11(23)6-12/h7-8,10,12H,1-6,9H2/t12-/m0/s1. The molecule has 132 valence electrons. The van der Waals surface area contributed by atoms with Crippen molar-refractivity contribution in [2.24, 2.45) is 0 Å². The molecule has 2 aliphatic carbocycles. The van der Waals surface area contributed by atoms with E-state index in [2.05, 4.69) is 10.1 Å². The maximum Gasteiger partial charge on any atom is 0.145 e. The van der Waals surface area contributed by atoms with Gasteiger partial charge in [-0.2, -0.15) is 0 Å². The van der Waals surface area contributed by atoms with Gasteiger partial charge >= 0.3 is 0 Å². The van der Waals surface area contributed by atoms with Crippen molar-refractivity contribution in [3.63, 3.8) is 0 Å². The molecule has 1 atom stereocenters. The number of Topliss-reactive ketones (excluding diaryl/α,β-unsaturated/α-hetero) is 1. The van der Waals surface area contributed by atoms with Crippen molar-refractivity contribution in [3.05, 3.63) is 33.8 Å². The van der Waals surface area contributed by atoms with Gasteiger partial charge in [0.1, 0.15) is 17.2 Å². The number of carbonyl (C=O) groups excluding carboxylic acids is 1. The number of pyridine rings is 1. The Labute approximate surface area is 155 Å². The molecule has 25 heavy (non-hydrogen) atoms. The summed E-state index contributed by atoms with van der Waals surface area (Å²) < 4.78 is 11.6. The Morgan fingerprint density at radius 2 is 1.96 bits per heavy atom. The van der Waals surface area contributed by atoms with Gasteiger partial charge in [-0.05, 0) is 25.7 Å². The summed E-state index contributed by atoms with van der Waals surface area (Å²) in [5.74, 6) is 1.50. The lowest BCUT2D eigenvalue weighted by atomic mass is 9.96. The first kappa shape index (κ1) is 17.0. The predicted molar refractivity (Wildman–Crippen MR) is 93.8 cm³/mol. The lowest BCUT2D eigenvalue weighted by Gasteiger charge is -2.21. The van der Waals surface area contributed by atoms with E-state index in [-0.39, 0.29) is 11.9 Å². The largest absolute Gasteiger partial charge is 0.373 e. The molecule has 0 N–H and O–H groups in total. The van der Waals surface area contributed by atoms with Crippen LogP contribution in [-0.4, -0.2) is 22.0 Å². The fourth-order valence-corrected chi connectivity index (χ4v) is 3.83. The number of aromatic nitrogens is 2. The van der Waals surface area contributed by atoms with Gasteiger partial charge in [-0.3, -0.25) is 9.78 Å². The van der Waals surface area contributed by atoms with Gasteiger partial charge in [-0.25, -0.2) is 0 Å². The fraction of sp³-hybridized carbons (Fsp3) is 0.500. The molecular formula is C18H18Cl2N2O3. The highest BCUT2D eigenvalue weighted by atomic mass is 35.5. The molecule has 4 rings (SSSR count). The van der Waals surface area contributed by atoms with E-state index in [4.69, 9.17) is 32.5 Å². The van der Waals surface area contributed by atoms with Crippen LogP contribution < -0.4 is 0 Å². The van der Waals surface area contributed by atoms with Gasteiger partial charge in [0.2, 0.25) is 0 Å². The molecule has 2 fully saturated rings. The van der Waals surface area contributed by atoms with Crippen LogP contribution in [0, 0.1) is 0 Å². The van der Waals surface area contributed by atoms with Crippen molar-refractivity contribution in [1.82, 2.24) is 10.1 Å².